The standard InChI is InChI=1S/C15H15FN2O4S/c1-11-6-12(16)8-14(7-11)23(21,22)18(10-15(19)20)9-13-4-2-3-5-17-13/h2-8H,9-10H2,1H3,(H,19,20). The van der Waals surface area contributed by atoms with E-state index in [9.17, 15) is 17.6 Å². The first-order chi connectivity index (χ1) is 10.8. The molecule has 2 aromatic rings. The molecule has 0 saturated carbocycles. The van der Waals surface area contributed by atoms with Crippen LogP contribution in [-0.2, 0) is 21.4 Å². The Bertz CT molecular complexity index is 789. The van der Waals surface area contributed by atoms with E-state index in [1.165, 1.54) is 18.3 Å². The summed E-state index contributed by atoms with van der Waals surface area (Å²) in [5, 5.41) is 8.98. The van der Waals surface area contributed by atoms with Gasteiger partial charge in [0, 0.05) is 6.20 Å². The second-order valence-corrected chi connectivity index (χ2v) is 6.89. The summed E-state index contributed by atoms with van der Waals surface area (Å²) in [6.45, 7) is 0.599. The minimum absolute atomic E-state index is 0.217. The lowest BCUT2D eigenvalue weighted by molar-refractivity contribution is -0.137. The highest BCUT2D eigenvalue weighted by atomic mass is 32.2. The molecule has 0 aliphatic heterocycles. The van der Waals surface area contributed by atoms with Crippen LogP contribution in [0.1, 0.15) is 11.3 Å². The quantitative estimate of drug-likeness (QED) is 0.868. The number of nitrogens with zero attached hydrogens (tertiary/aromatic N) is 2. The van der Waals surface area contributed by atoms with Gasteiger partial charge < -0.3 is 5.11 Å². The summed E-state index contributed by atoms with van der Waals surface area (Å²) in [6, 6.07) is 8.28. The van der Waals surface area contributed by atoms with Crippen molar-refractivity contribution in [2.24, 2.45) is 0 Å². The molecule has 0 amide bonds. The molecule has 6 nitrogen and oxygen atoms in total. The van der Waals surface area contributed by atoms with E-state index in [-0.39, 0.29) is 11.4 Å². The number of benzene rings is 1. The number of sulfonamides is 1. The molecule has 0 fully saturated rings. The van der Waals surface area contributed by atoms with E-state index in [0.717, 1.165) is 10.4 Å². The van der Waals surface area contributed by atoms with Gasteiger partial charge in [-0.3, -0.25) is 9.78 Å². The van der Waals surface area contributed by atoms with Gasteiger partial charge in [0.1, 0.15) is 12.4 Å². The number of aryl methyl sites for hydroxylation is 1. The summed E-state index contributed by atoms with van der Waals surface area (Å²) in [4.78, 5) is 14.7. The van der Waals surface area contributed by atoms with E-state index in [1.807, 2.05) is 0 Å². The van der Waals surface area contributed by atoms with Gasteiger partial charge >= 0.3 is 5.97 Å². The molecule has 0 bridgehead atoms. The molecular weight excluding hydrogens is 323 g/mol. The van der Waals surface area contributed by atoms with Crippen LogP contribution in [0, 0.1) is 12.7 Å². The first-order valence-corrected chi connectivity index (χ1v) is 8.12. The molecule has 0 radical (unpaired) electrons. The van der Waals surface area contributed by atoms with Crippen LogP contribution in [0.25, 0.3) is 0 Å². The SMILES string of the molecule is Cc1cc(F)cc(S(=O)(=O)N(CC(=O)O)Cc2ccccn2)c1. The van der Waals surface area contributed by atoms with Gasteiger partial charge in [-0.1, -0.05) is 6.07 Å². The predicted octanol–water partition coefficient (Wildman–Crippen LogP) is 1.80. The zero-order valence-corrected chi connectivity index (χ0v) is 13.1. The van der Waals surface area contributed by atoms with Gasteiger partial charge in [0.2, 0.25) is 10.0 Å². The molecule has 1 N–H and O–H groups in total. The Kier molecular flexibility index (Phi) is 5.07. The molecule has 122 valence electrons. The van der Waals surface area contributed by atoms with E-state index in [4.69, 9.17) is 5.11 Å². The van der Waals surface area contributed by atoms with Crippen LogP contribution >= 0.6 is 0 Å². The molecule has 2 rings (SSSR count). The van der Waals surface area contributed by atoms with Crippen LogP contribution in [0.5, 0.6) is 0 Å². The Hall–Kier alpha value is -2.32. The number of hydrogen-bond donors (Lipinski definition) is 1. The van der Waals surface area contributed by atoms with E-state index < -0.39 is 28.4 Å². The second kappa shape index (κ2) is 6.84. The van der Waals surface area contributed by atoms with Crippen LogP contribution < -0.4 is 0 Å². The maximum absolute atomic E-state index is 13.5. The van der Waals surface area contributed by atoms with Crippen LogP contribution in [0.4, 0.5) is 4.39 Å². The Labute approximate surface area is 133 Å². The highest BCUT2D eigenvalue weighted by molar-refractivity contribution is 7.89. The summed E-state index contributed by atoms with van der Waals surface area (Å²) in [5.74, 6) is -2.01. The third-order valence-corrected chi connectivity index (χ3v) is 4.80. The van der Waals surface area contributed by atoms with Gasteiger partial charge in [0.05, 0.1) is 17.1 Å². The molecule has 23 heavy (non-hydrogen) atoms. The second-order valence-electron chi connectivity index (χ2n) is 4.95. The number of hydrogen-bond acceptors (Lipinski definition) is 4. The Morgan fingerprint density at radius 1 is 1.30 bits per heavy atom. The molecule has 0 aliphatic carbocycles. The molecule has 0 spiro atoms. The van der Waals surface area contributed by atoms with Gasteiger partial charge in [0.15, 0.2) is 0 Å². The van der Waals surface area contributed by atoms with Gasteiger partial charge in [-0.05, 0) is 42.8 Å². The van der Waals surface area contributed by atoms with E-state index in [0.29, 0.717) is 11.3 Å². The van der Waals surface area contributed by atoms with E-state index >= 15 is 0 Å². The normalized spacial score (nSPS) is 11.6. The average molecular weight is 338 g/mol. The fourth-order valence-electron chi connectivity index (χ4n) is 2.05. The highest BCUT2D eigenvalue weighted by Crippen LogP contribution is 2.20. The van der Waals surface area contributed by atoms with Gasteiger partial charge in [0.25, 0.3) is 0 Å². The number of aliphatic carboxylic acids is 1. The third kappa shape index (κ3) is 4.33. The fourth-order valence-corrected chi connectivity index (χ4v) is 3.53. The molecule has 8 heteroatoms. The Morgan fingerprint density at radius 3 is 2.61 bits per heavy atom. The smallest absolute Gasteiger partial charge is 0.318 e. The minimum atomic E-state index is -4.17. The molecule has 0 aliphatic rings. The number of halogens is 1. The molecule has 1 aromatic heterocycles. The van der Waals surface area contributed by atoms with Crippen molar-refractivity contribution in [1.29, 1.82) is 0 Å². The molecule has 1 heterocycles. The highest BCUT2D eigenvalue weighted by Gasteiger charge is 2.27. The van der Waals surface area contributed by atoms with Gasteiger partial charge in [-0.15, -0.1) is 0 Å². The van der Waals surface area contributed by atoms with Crippen molar-refractivity contribution in [2.45, 2.75) is 18.4 Å². The van der Waals surface area contributed by atoms with Crippen molar-refractivity contribution < 1.29 is 22.7 Å². The summed E-state index contributed by atoms with van der Waals surface area (Å²) in [6.07, 6.45) is 1.48. The fraction of sp³-hybridized carbons (Fsp3) is 0.200. The Morgan fingerprint density at radius 2 is 2.04 bits per heavy atom. The number of carbonyl (C=O) groups is 1. The first-order valence-electron chi connectivity index (χ1n) is 6.68. The number of aromatic nitrogens is 1. The lowest BCUT2D eigenvalue weighted by atomic mass is 10.2. The maximum Gasteiger partial charge on any atom is 0.318 e. The molecule has 0 atom stereocenters. The molecule has 1 aromatic carbocycles. The van der Waals surface area contributed by atoms with Crippen LogP contribution in [0.2, 0.25) is 0 Å². The number of carboxylic acid groups (broad SMARTS) is 1. The maximum atomic E-state index is 13.5. The molecule has 0 saturated heterocycles. The largest absolute Gasteiger partial charge is 0.480 e. The summed E-state index contributed by atoms with van der Waals surface area (Å²) in [5.41, 5.74) is 0.821. The van der Waals surface area contributed by atoms with E-state index in [1.54, 1.807) is 25.1 Å². The summed E-state index contributed by atoms with van der Waals surface area (Å²) < 4.78 is 39.5. The summed E-state index contributed by atoms with van der Waals surface area (Å²) >= 11 is 0. The number of carboxylic acids is 1. The Balaban J connectivity index is 2.42. The first kappa shape index (κ1) is 17.0. The minimum Gasteiger partial charge on any atom is -0.480 e. The van der Waals surface area contributed by atoms with Crippen LogP contribution in [-0.4, -0.2) is 35.3 Å². The molecule has 0 unspecified atom stereocenters. The summed E-state index contributed by atoms with van der Waals surface area (Å²) in [7, 11) is -4.17. The van der Waals surface area contributed by atoms with Crippen molar-refractivity contribution >= 4 is 16.0 Å². The lowest BCUT2D eigenvalue weighted by Crippen LogP contribution is -2.35. The zero-order valence-electron chi connectivity index (χ0n) is 12.3. The average Bonchev–Trinajstić information content (AvgIpc) is 2.46. The van der Waals surface area contributed by atoms with Crippen molar-refractivity contribution in [1.82, 2.24) is 9.29 Å². The number of pyridine rings is 1. The van der Waals surface area contributed by atoms with Gasteiger partial charge in [-0.25, -0.2) is 12.8 Å². The van der Waals surface area contributed by atoms with Crippen molar-refractivity contribution in [2.75, 3.05) is 6.54 Å². The number of rotatable bonds is 6. The zero-order chi connectivity index (χ0) is 17.0. The van der Waals surface area contributed by atoms with Crippen molar-refractivity contribution in [3.8, 4) is 0 Å². The van der Waals surface area contributed by atoms with Gasteiger partial charge in [-0.2, -0.15) is 4.31 Å². The topological polar surface area (TPSA) is 87.6 Å². The lowest BCUT2D eigenvalue weighted by Gasteiger charge is -2.20. The predicted molar refractivity (Wildman–Crippen MR) is 80.6 cm³/mol. The van der Waals surface area contributed by atoms with Crippen molar-refractivity contribution in [3.63, 3.8) is 0 Å². The van der Waals surface area contributed by atoms with Crippen LogP contribution in [0.3, 0.4) is 0 Å². The molecular formula is C15H15FN2O4S. The van der Waals surface area contributed by atoms with Crippen molar-refractivity contribution in [3.05, 3.63) is 59.7 Å². The van der Waals surface area contributed by atoms with E-state index in [2.05, 4.69) is 4.98 Å². The third-order valence-electron chi connectivity index (χ3n) is 3.03. The van der Waals surface area contributed by atoms with Crippen LogP contribution in [0.15, 0.2) is 47.5 Å². The monoisotopic (exact) mass is 338 g/mol.